The number of nitrogens with one attached hydrogen (secondary N) is 2. The molecule has 1 aliphatic carbocycles. The van der Waals surface area contributed by atoms with Crippen molar-refractivity contribution in [1.82, 2.24) is 9.71 Å². The predicted octanol–water partition coefficient (Wildman–Crippen LogP) is 1.48. The molecule has 2 N–H and O–H groups in total. The molecule has 0 saturated heterocycles. The Bertz CT molecular complexity index is 559. The van der Waals surface area contributed by atoms with Crippen molar-refractivity contribution in [3.05, 3.63) is 28.7 Å². The summed E-state index contributed by atoms with van der Waals surface area (Å²) in [7, 11) is -3.52. The maximum atomic E-state index is 12.1. The summed E-state index contributed by atoms with van der Waals surface area (Å²) in [6.07, 6.45) is 5.90. The first-order valence-electron chi connectivity index (χ1n) is 6.67. The molecule has 0 aliphatic heterocycles. The van der Waals surface area contributed by atoms with Crippen LogP contribution < -0.4 is 10.3 Å². The molecular formula is C13H20N2O3S. The summed E-state index contributed by atoms with van der Waals surface area (Å²) in [5.41, 5.74) is -0.306. The third kappa shape index (κ3) is 3.67. The summed E-state index contributed by atoms with van der Waals surface area (Å²) >= 11 is 0. The SMILES string of the molecule is CC1CCCCC1CNS(=O)(=O)c1ccc(=O)[nH]c1. The average molecular weight is 284 g/mol. The molecule has 1 saturated carbocycles. The Morgan fingerprint density at radius 1 is 1.32 bits per heavy atom. The van der Waals surface area contributed by atoms with Gasteiger partial charge < -0.3 is 4.98 Å². The lowest BCUT2D eigenvalue weighted by atomic mass is 9.81. The zero-order valence-corrected chi connectivity index (χ0v) is 11.9. The van der Waals surface area contributed by atoms with Crippen LogP contribution >= 0.6 is 0 Å². The minimum Gasteiger partial charge on any atom is -0.328 e. The molecule has 1 aromatic heterocycles. The van der Waals surface area contributed by atoms with E-state index in [4.69, 9.17) is 0 Å². The minimum absolute atomic E-state index is 0.107. The van der Waals surface area contributed by atoms with Gasteiger partial charge in [-0.2, -0.15) is 0 Å². The molecule has 106 valence electrons. The van der Waals surface area contributed by atoms with Crippen LogP contribution in [0.1, 0.15) is 32.6 Å². The topological polar surface area (TPSA) is 79.0 Å². The summed E-state index contributed by atoms with van der Waals surface area (Å²) in [6.45, 7) is 2.65. The molecule has 5 nitrogen and oxygen atoms in total. The van der Waals surface area contributed by atoms with Gasteiger partial charge in [-0.15, -0.1) is 0 Å². The van der Waals surface area contributed by atoms with E-state index in [1.807, 2.05) is 0 Å². The number of pyridine rings is 1. The summed E-state index contributed by atoms with van der Waals surface area (Å²) in [5.74, 6) is 0.971. The maximum Gasteiger partial charge on any atom is 0.247 e. The van der Waals surface area contributed by atoms with Crippen LogP contribution in [0.3, 0.4) is 0 Å². The maximum absolute atomic E-state index is 12.1. The molecule has 0 amide bonds. The number of sulfonamides is 1. The van der Waals surface area contributed by atoms with Crippen LogP contribution in [0.15, 0.2) is 28.0 Å². The van der Waals surface area contributed by atoms with E-state index in [0.717, 1.165) is 6.42 Å². The molecule has 2 unspecified atom stereocenters. The zero-order valence-electron chi connectivity index (χ0n) is 11.1. The molecule has 6 heteroatoms. The Hall–Kier alpha value is -1.14. The molecule has 0 radical (unpaired) electrons. The van der Waals surface area contributed by atoms with E-state index >= 15 is 0 Å². The van der Waals surface area contributed by atoms with E-state index < -0.39 is 10.0 Å². The van der Waals surface area contributed by atoms with Crippen LogP contribution in [-0.4, -0.2) is 19.9 Å². The molecule has 0 spiro atoms. The van der Waals surface area contributed by atoms with Gasteiger partial charge in [-0.1, -0.05) is 26.2 Å². The first-order valence-corrected chi connectivity index (χ1v) is 8.16. The van der Waals surface area contributed by atoms with Gasteiger partial charge in [0.2, 0.25) is 15.6 Å². The summed E-state index contributed by atoms with van der Waals surface area (Å²) < 4.78 is 26.8. The van der Waals surface area contributed by atoms with Gasteiger partial charge in [0.1, 0.15) is 0 Å². The van der Waals surface area contributed by atoms with Crippen LogP contribution in [0.25, 0.3) is 0 Å². The third-order valence-electron chi connectivity index (χ3n) is 3.89. The van der Waals surface area contributed by atoms with Gasteiger partial charge in [0.05, 0.1) is 4.90 Å². The largest absolute Gasteiger partial charge is 0.328 e. The molecule has 1 aliphatic rings. The fourth-order valence-electron chi connectivity index (χ4n) is 2.56. The minimum atomic E-state index is -3.52. The van der Waals surface area contributed by atoms with Crippen molar-refractivity contribution >= 4 is 10.0 Å². The smallest absolute Gasteiger partial charge is 0.247 e. The lowest BCUT2D eigenvalue weighted by Gasteiger charge is -2.28. The molecular weight excluding hydrogens is 264 g/mol. The normalized spacial score (nSPS) is 24.3. The Balaban J connectivity index is 2.01. The highest BCUT2D eigenvalue weighted by Crippen LogP contribution is 2.29. The van der Waals surface area contributed by atoms with Gasteiger partial charge in [-0.3, -0.25) is 4.79 Å². The van der Waals surface area contributed by atoms with E-state index in [2.05, 4.69) is 16.6 Å². The lowest BCUT2D eigenvalue weighted by Crippen LogP contribution is -2.33. The highest BCUT2D eigenvalue weighted by Gasteiger charge is 2.23. The van der Waals surface area contributed by atoms with Gasteiger partial charge in [-0.25, -0.2) is 13.1 Å². The number of hydrogen-bond acceptors (Lipinski definition) is 3. The number of H-pyrrole nitrogens is 1. The molecule has 1 aromatic rings. The standard InChI is InChI=1S/C13H20N2O3S/c1-10-4-2-3-5-11(10)8-15-19(17,18)12-6-7-13(16)14-9-12/h6-7,9-11,15H,2-5,8H2,1H3,(H,14,16). The molecule has 0 aromatic carbocycles. The molecule has 0 bridgehead atoms. The van der Waals surface area contributed by atoms with Gasteiger partial charge in [0, 0.05) is 18.8 Å². The highest BCUT2D eigenvalue weighted by molar-refractivity contribution is 7.89. The van der Waals surface area contributed by atoms with Crippen molar-refractivity contribution in [3.63, 3.8) is 0 Å². The highest BCUT2D eigenvalue weighted by atomic mass is 32.2. The van der Waals surface area contributed by atoms with E-state index in [1.165, 1.54) is 37.6 Å². The fraction of sp³-hybridized carbons (Fsp3) is 0.615. The van der Waals surface area contributed by atoms with E-state index in [1.54, 1.807) is 0 Å². The van der Waals surface area contributed by atoms with E-state index in [-0.39, 0.29) is 10.5 Å². The second kappa shape index (κ2) is 5.88. The van der Waals surface area contributed by atoms with E-state index in [9.17, 15) is 13.2 Å². The van der Waals surface area contributed by atoms with Gasteiger partial charge >= 0.3 is 0 Å². The second-order valence-corrected chi connectivity index (χ2v) is 7.03. The number of aromatic nitrogens is 1. The molecule has 2 rings (SSSR count). The third-order valence-corrected chi connectivity index (χ3v) is 5.31. The molecule has 2 atom stereocenters. The average Bonchev–Trinajstić information content (AvgIpc) is 2.38. The fourth-order valence-corrected chi connectivity index (χ4v) is 3.62. The van der Waals surface area contributed by atoms with Crippen molar-refractivity contribution in [2.24, 2.45) is 11.8 Å². The van der Waals surface area contributed by atoms with Crippen LogP contribution in [-0.2, 0) is 10.0 Å². The van der Waals surface area contributed by atoms with Crippen LogP contribution in [0.4, 0.5) is 0 Å². The van der Waals surface area contributed by atoms with Gasteiger partial charge in [0.25, 0.3) is 0 Å². The first kappa shape index (κ1) is 14.3. The van der Waals surface area contributed by atoms with Crippen molar-refractivity contribution in [2.75, 3.05) is 6.54 Å². The second-order valence-electron chi connectivity index (χ2n) is 5.26. The molecule has 1 heterocycles. The Kier molecular flexibility index (Phi) is 4.42. The van der Waals surface area contributed by atoms with Crippen LogP contribution in [0, 0.1) is 11.8 Å². The van der Waals surface area contributed by atoms with Crippen molar-refractivity contribution in [1.29, 1.82) is 0 Å². The molecule has 19 heavy (non-hydrogen) atoms. The Labute approximate surface area is 113 Å². The quantitative estimate of drug-likeness (QED) is 0.879. The van der Waals surface area contributed by atoms with Gasteiger partial charge in [-0.05, 0) is 24.3 Å². The Morgan fingerprint density at radius 3 is 2.68 bits per heavy atom. The summed E-state index contributed by atoms with van der Waals surface area (Å²) in [5, 5.41) is 0. The van der Waals surface area contributed by atoms with E-state index in [0.29, 0.717) is 18.4 Å². The number of rotatable bonds is 4. The number of aromatic amines is 1. The molecule has 1 fully saturated rings. The van der Waals surface area contributed by atoms with Crippen LogP contribution in [0.5, 0.6) is 0 Å². The van der Waals surface area contributed by atoms with Crippen molar-refractivity contribution < 1.29 is 8.42 Å². The first-order chi connectivity index (χ1) is 8.99. The summed E-state index contributed by atoms with van der Waals surface area (Å²) in [4.78, 5) is 13.4. The predicted molar refractivity (Wildman–Crippen MR) is 73.4 cm³/mol. The van der Waals surface area contributed by atoms with Crippen LogP contribution in [0.2, 0.25) is 0 Å². The summed E-state index contributed by atoms with van der Waals surface area (Å²) in [6, 6.07) is 2.54. The zero-order chi connectivity index (χ0) is 13.9. The van der Waals surface area contributed by atoms with Crippen molar-refractivity contribution in [2.45, 2.75) is 37.5 Å². The Morgan fingerprint density at radius 2 is 2.05 bits per heavy atom. The monoisotopic (exact) mass is 284 g/mol. The van der Waals surface area contributed by atoms with Gasteiger partial charge in [0.15, 0.2) is 0 Å². The number of hydrogen-bond donors (Lipinski definition) is 2. The lowest BCUT2D eigenvalue weighted by molar-refractivity contribution is 0.257. The van der Waals surface area contributed by atoms with Crippen molar-refractivity contribution in [3.8, 4) is 0 Å².